The van der Waals surface area contributed by atoms with E-state index in [0.717, 1.165) is 11.1 Å². The molecule has 3 N–H and O–H groups in total. The molecule has 8 nitrogen and oxygen atoms in total. The highest BCUT2D eigenvalue weighted by molar-refractivity contribution is 5.91. The van der Waals surface area contributed by atoms with Crippen molar-refractivity contribution in [2.45, 2.75) is 38.6 Å². The molecule has 0 radical (unpaired) electrons. The number of pyridine rings is 2. The molecule has 0 spiro atoms. The highest BCUT2D eigenvalue weighted by Gasteiger charge is 2.45. The predicted molar refractivity (Wildman–Crippen MR) is 116 cm³/mol. The number of fused-ring (bicyclic) bond motifs is 5. The predicted octanol–water partition coefficient (Wildman–Crippen LogP) is 1.93. The number of rotatable bonds is 3. The van der Waals surface area contributed by atoms with Crippen molar-refractivity contribution in [3.63, 3.8) is 0 Å². The summed E-state index contributed by atoms with van der Waals surface area (Å²) in [5, 5.41) is 25.0. The van der Waals surface area contributed by atoms with Gasteiger partial charge in [-0.3, -0.25) is 4.79 Å². The van der Waals surface area contributed by atoms with Gasteiger partial charge in [0.2, 0.25) is 0 Å². The summed E-state index contributed by atoms with van der Waals surface area (Å²) in [6.07, 6.45) is 0.0971. The fourth-order valence-electron chi connectivity index (χ4n) is 4.44. The van der Waals surface area contributed by atoms with Crippen molar-refractivity contribution in [3.05, 3.63) is 56.9 Å². The Kier molecular flexibility index (Phi) is 5.04. The maximum absolute atomic E-state index is 13.2. The number of aromatic nitrogens is 2. The number of aliphatic hydroxyl groups is 1. The third-order valence-corrected chi connectivity index (χ3v) is 6.11. The molecule has 2 aliphatic heterocycles. The van der Waals surface area contributed by atoms with Gasteiger partial charge in [0.15, 0.2) is 5.60 Å². The Bertz CT molecular complexity index is 1300. The summed E-state index contributed by atoms with van der Waals surface area (Å²) in [6, 6.07) is 6.99. The first-order valence-corrected chi connectivity index (χ1v) is 9.85. The summed E-state index contributed by atoms with van der Waals surface area (Å²) < 4.78 is 6.67. The molecule has 0 saturated heterocycles. The Morgan fingerprint density at radius 3 is 2.77 bits per heavy atom. The molecule has 4 heterocycles. The molecule has 0 saturated carbocycles. The summed E-state index contributed by atoms with van der Waals surface area (Å²) >= 11 is 0. The molecule has 1 atom stereocenters. The van der Waals surface area contributed by atoms with E-state index >= 15 is 0 Å². The van der Waals surface area contributed by atoms with Crippen molar-refractivity contribution in [1.82, 2.24) is 14.9 Å². The van der Waals surface area contributed by atoms with Gasteiger partial charge in [0, 0.05) is 23.1 Å². The Morgan fingerprint density at radius 2 is 2.06 bits per heavy atom. The third-order valence-electron chi connectivity index (χ3n) is 6.11. The van der Waals surface area contributed by atoms with Gasteiger partial charge in [0.05, 0.1) is 29.0 Å². The first kappa shape index (κ1) is 21.3. The number of phenols is 1. The van der Waals surface area contributed by atoms with Gasteiger partial charge < -0.3 is 24.8 Å². The second kappa shape index (κ2) is 7.33. The zero-order chi connectivity index (χ0) is 21.2. The van der Waals surface area contributed by atoms with Gasteiger partial charge in [-0.15, -0.1) is 12.4 Å². The highest BCUT2D eigenvalue weighted by Crippen LogP contribution is 2.39. The van der Waals surface area contributed by atoms with Crippen LogP contribution in [0.1, 0.15) is 35.6 Å². The van der Waals surface area contributed by atoms with Gasteiger partial charge in [-0.05, 0) is 37.2 Å². The molecule has 0 aliphatic carbocycles. The number of phenolic OH excluding ortho intramolecular Hbond substituents is 1. The van der Waals surface area contributed by atoms with Gasteiger partial charge in [0.25, 0.3) is 5.56 Å². The number of hydrogen-bond acceptors (Lipinski definition) is 7. The highest BCUT2D eigenvalue weighted by atomic mass is 35.5. The molecule has 3 aromatic rings. The summed E-state index contributed by atoms with van der Waals surface area (Å²) in [5.74, 6) is -0.616. The number of cyclic esters (lactones) is 1. The number of halogens is 1. The topological polar surface area (TPSA) is 114 Å². The van der Waals surface area contributed by atoms with Crippen LogP contribution in [0.25, 0.3) is 22.3 Å². The summed E-state index contributed by atoms with van der Waals surface area (Å²) in [6.45, 7) is 2.39. The number of hydrogen-bond donors (Lipinski definition) is 3. The number of carbonyl (C=O) groups is 1. The lowest BCUT2D eigenvalue weighted by Gasteiger charge is -2.31. The van der Waals surface area contributed by atoms with Gasteiger partial charge in [-0.25, -0.2) is 9.78 Å². The van der Waals surface area contributed by atoms with Crippen molar-refractivity contribution in [3.8, 4) is 17.1 Å². The minimum atomic E-state index is -1.85. The SMILES string of the molecule is CC[C@@]1(O)C(=O)OCc2c1cc1n(c2=O)Cc2cc3c(O)ccc(CNC)c3nc2-1.Cl. The van der Waals surface area contributed by atoms with E-state index in [1.54, 1.807) is 23.6 Å². The zero-order valence-electron chi connectivity index (χ0n) is 17.1. The fraction of sp³-hybridized carbons (Fsp3) is 0.318. The van der Waals surface area contributed by atoms with Crippen LogP contribution in [0.4, 0.5) is 0 Å². The van der Waals surface area contributed by atoms with E-state index in [0.29, 0.717) is 46.5 Å². The number of benzene rings is 1. The standard InChI is InChI=1S/C22H21N3O5.ClH/c1-3-22(29)15-7-16-19-12(9-25(16)20(27)14(15)10-30-21(22)28)6-13-17(26)5-4-11(8-23-2)18(13)24-19;/h4-7,23,26,29H,3,8-10H2,1-2H3;1H/t22-;/m0./s1. The van der Waals surface area contributed by atoms with Crippen LogP contribution in [0.5, 0.6) is 5.75 Å². The van der Waals surface area contributed by atoms with Crippen LogP contribution in [-0.4, -0.2) is 32.8 Å². The van der Waals surface area contributed by atoms with E-state index in [4.69, 9.17) is 9.72 Å². The third kappa shape index (κ3) is 2.86. The molecular formula is C22H22ClN3O5. The largest absolute Gasteiger partial charge is 0.507 e. The summed E-state index contributed by atoms with van der Waals surface area (Å²) in [7, 11) is 1.83. The fourth-order valence-corrected chi connectivity index (χ4v) is 4.44. The molecule has 0 unspecified atom stereocenters. The molecule has 162 valence electrons. The maximum atomic E-state index is 13.2. The molecule has 2 aliphatic rings. The number of ether oxygens (including phenoxy) is 1. The molecular weight excluding hydrogens is 422 g/mol. The van der Waals surface area contributed by atoms with E-state index in [1.165, 1.54) is 0 Å². The maximum Gasteiger partial charge on any atom is 0.343 e. The Hall–Kier alpha value is -2.94. The van der Waals surface area contributed by atoms with Gasteiger partial charge >= 0.3 is 5.97 Å². The lowest BCUT2D eigenvalue weighted by Crippen LogP contribution is -2.44. The van der Waals surface area contributed by atoms with E-state index in [2.05, 4.69) is 5.32 Å². The average Bonchev–Trinajstić information content (AvgIpc) is 3.10. The molecule has 9 heteroatoms. The summed E-state index contributed by atoms with van der Waals surface area (Å²) in [4.78, 5) is 30.3. The van der Waals surface area contributed by atoms with E-state index in [1.807, 2.05) is 19.2 Å². The number of nitrogens with one attached hydrogen (secondary N) is 1. The van der Waals surface area contributed by atoms with E-state index in [9.17, 15) is 19.8 Å². The number of carbonyl (C=O) groups excluding carboxylic acids is 1. The van der Waals surface area contributed by atoms with Crippen LogP contribution >= 0.6 is 12.4 Å². The molecule has 2 aromatic heterocycles. The quantitative estimate of drug-likeness (QED) is 0.414. The number of aromatic hydroxyl groups is 1. The van der Waals surface area contributed by atoms with Crippen molar-refractivity contribution in [2.75, 3.05) is 7.05 Å². The van der Waals surface area contributed by atoms with Crippen LogP contribution < -0.4 is 10.9 Å². The second-order valence-corrected chi connectivity index (χ2v) is 7.77. The molecule has 0 bridgehead atoms. The van der Waals surface area contributed by atoms with E-state index in [-0.39, 0.29) is 36.7 Å². The van der Waals surface area contributed by atoms with Gasteiger partial charge in [0.1, 0.15) is 12.4 Å². The Labute approximate surface area is 183 Å². The minimum Gasteiger partial charge on any atom is -0.507 e. The average molecular weight is 444 g/mol. The van der Waals surface area contributed by atoms with Crippen LogP contribution in [0.3, 0.4) is 0 Å². The molecule has 0 fully saturated rings. The number of esters is 1. The lowest BCUT2D eigenvalue weighted by molar-refractivity contribution is -0.172. The van der Waals surface area contributed by atoms with Crippen LogP contribution in [0.2, 0.25) is 0 Å². The first-order valence-electron chi connectivity index (χ1n) is 9.85. The van der Waals surface area contributed by atoms with Crippen molar-refractivity contribution >= 4 is 29.3 Å². The van der Waals surface area contributed by atoms with Crippen LogP contribution in [0, 0.1) is 0 Å². The van der Waals surface area contributed by atoms with Crippen LogP contribution in [-0.2, 0) is 34.8 Å². The van der Waals surface area contributed by atoms with Crippen LogP contribution in [0.15, 0.2) is 29.1 Å². The molecule has 5 rings (SSSR count). The Morgan fingerprint density at radius 1 is 1.29 bits per heavy atom. The van der Waals surface area contributed by atoms with Crippen molar-refractivity contribution in [1.29, 1.82) is 0 Å². The van der Waals surface area contributed by atoms with Crippen molar-refractivity contribution in [2.24, 2.45) is 0 Å². The normalized spacial score (nSPS) is 18.7. The van der Waals surface area contributed by atoms with E-state index < -0.39 is 11.6 Å². The zero-order valence-corrected chi connectivity index (χ0v) is 17.9. The second-order valence-electron chi connectivity index (χ2n) is 7.77. The summed E-state index contributed by atoms with van der Waals surface area (Å²) in [5.41, 5.74) is 1.95. The van der Waals surface area contributed by atoms with Gasteiger partial charge in [-0.1, -0.05) is 13.0 Å². The molecule has 31 heavy (non-hydrogen) atoms. The van der Waals surface area contributed by atoms with Gasteiger partial charge in [-0.2, -0.15) is 0 Å². The molecule has 0 amide bonds. The minimum absolute atomic E-state index is 0. The Balaban J connectivity index is 0.00000231. The first-order chi connectivity index (χ1) is 14.4. The van der Waals surface area contributed by atoms with Crippen molar-refractivity contribution < 1.29 is 19.7 Å². The lowest BCUT2D eigenvalue weighted by atomic mass is 9.86. The monoisotopic (exact) mass is 443 g/mol. The smallest absolute Gasteiger partial charge is 0.343 e. The number of nitrogens with zero attached hydrogens (tertiary/aromatic N) is 2. The molecule has 1 aromatic carbocycles.